The Kier molecular flexibility index (Phi) is 4.92. The number of rotatable bonds is 7. The van der Waals surface area contributed by atoms with Crippen molar-refractivity contribution < 1.29 is 8.42 Å². The highest BCUT2D eigenvalue weighted by Gasteiger charge is 2.22. The third kappa shape index (κ3) is 3.45. The highest BCUT2D eigenvalue weighted by molar-refractivity contribution is 7.89. The van der Waals surface area contributed by atoms with Gasteiger partial charge in [0.05, 0.1) is 6.33 Å². The summed E-state index contributed by atoms with van der Waals surface area (Å²) in [5.74, 6) is 0. The summed E-state index contributed by atoms with van der Waals surface area (Å²) in [5.41, 5.74) is 0.787. The lowest BCUT2D eigenvalue weighted by atomic mass is 10.3. The van der Waals surface area contributed by atoms with Gasteiger partial charge in [-0.25, -0.2) is 18.1 Å². The molecule has 2 aromatic heterocycles. The molecule has 2 N–H and O–H groups in total. The maximum Gasteiger partial charge on any atom is 0.242 e. The molecule has 20 heavy (non-hydrogen) atoms. The molecule has 0 amide bonds. The van der Waals surface area contributed by atoms with Gasteiger partial charge in [-0.15, -0.1) is 11.3 Å². The van der Waals surface area contributed by atoms with Gasteiger partial charge >= 0.3 is 0 Å². The molecular formula is C12H18N4O2S2. The largest absolute Gasteiger partial charge is 0.336 e. The van der Waals surface area contributed by atoms with Crippen LogP contribution in [0.2, 0.25) is 0 Å². The first-order valence-electron chi connectivity index (χ1n) is 6.21. The Morgan fingerprint density at radius 2 is 2.25 bits per heavy atom. The number of imidazole rings is 1. The summed E-state index contributed by atoms with van der Waals surface area (Å²) >= 11 is 1.46. The molecule has 0 aliphatic heterocycles. The molecule has 0 saturated heterocycles. The molecule has 0 radical (unpaired) electrons. The zero-order valence-electron chi connectivity index (χ0n) is 11.5. The number of sulfonamides is 1. The molecular weight excluding hydrogens is 296 g/mol. The van der Waals surface area contributed by atoms with E-state index in [0.29, 0.717) is 24.5 Å². The second kappa shape index (κ2) is 6.49. The number of aryl methyl sites for hydroxylation is 1. The molecule has 0 unspecified atom stereocenters. The quantitative estimate of drug-likeness (QED) is 0.798. The second-order valence-corrected chi connectivity index (χ2v) is 7.07. The van der Waals surface area contributed by atoms with Crippen LogP contribution < -0.4 is 10.0 Å². The van der Waals surface area contributed by atoms with E-state index >= 15 is 0 Å². The highest BCUT2D eigenvalue weighted by Crippen LogP contribution is 2.26. The first-order chi connectivity index (χ1) is 9.54. The van der Waals surface area contributed by atoms with Crippen molar-refractivity contribution in [2.75, 3.05) is 13.6 Å². The molecule has 0 saturated carbocycles. The van der Waals surface area contributed by atoms with Gasteiger partial charge in [0.2, 0.25) is 10.0 Å². The summed E-state index contributed by atoms with van der Waals surface area (Å²) in [6.45, 7) is 3.27. The molecule has 0 fully saturated rings. The van der Waals surface area contributed by atoms with Crippen molar-refractivity contribution in [3.05, 3.63) is 34.5 Å². The summed E-state index contributed by atoms with van der Waals surface area (Å²) in [6.07, 6.45) is 5.13. The van der Waals surface area contributed by atoms with Gasteiger partial charge < -0.3 is 9.88 Å². The minimum atomic E-state index is -3.47. The maximum atomic E-state index is 12.4. The predicted octanol–water partition coefficient (Wildman–Crippen LogP) is 0.951. The van der Waals surface area contributed by atoms with E-state index in [9.17, 15) is 8.42 Å². The van der Waals surface area contributed by atoms with Gasteiger partial charge in [-0.1, -0.05) is 0 Å². The number of hydrogen-bond donors (Lipinski definition) is 2. The number of thiophene rings is 1. The number of hydrogen-bond acceptors (Lipinski definition) is 5. The lowest BCUT2D eigenvalue weighted by Gasteiger charge is -2.09. The summed E-state index contributed by atoms with van der Waals surface area (Å²) in [6, 6.07) is 0. The maximum absolute atomic E-state index is 12.4. The summed E-state index contributed by atoms with van der Waals surface area (Å²) in [4.78, 5) is 5.16. The Morgan fingerprint density at radius 1 is 1.45 bits per heavy atom. The number of nitrogens with one attached hydrogen (secondary N) is 2. The van der Waals surface area contributed by atoms with Crippen LogP contribution in [-0.4, -0.2) is 31.6 Å². The first-order valence-corrected chi connectivity index (χ1v) is 8.58. The van der Waals surface area contributed by atoms with Gasteiger partial charge in [-0.2, -0.15) is 0 Å². The highest BCUT2D eigenvalue weighted by atomic mass is 32.2. The van der Waals surface area contributed by atoms with Gasteiger partial charge in [0.25, 0.3) is 0 Å². The molecule has 110 valence electrons. The Morgan fingerprint density at radius 3 is 2.90 bits per heavy atom. The SMILES string of the molecule is CNCc1scc(C)c1S(=O)(=O)NCCn1ccnc1. The monoisotopic (exact) mass is 314 g/mol. The number of nitrogens with zero attached hydrogens (tertiary/aromatic N) is 2. The van der Waals surface area contributed by atoms with Crippen molar-refractivity contribution >= 4 is 21.4 Å². The van der Waals surface area contributed by atoms with Crippen LogP contribution in [0.5, 0.6) is 0 Å². The minimum Gasteiger partial charge on any atom is -0.336 e. The van der Waals surface area contributed by atoms with Gasteiger partial charge in [-0.05, 0) is 24.9 Å². The van der Waals surface area contributed by atoms with Crippen LogP contribution in [0.25, 0.3) is 0 Å². The summed E-state index contributed by atoms with van der Waals surface area (Å²) < 4.78 is 29.2. The van der Waals surface area contributed by atoms with Gasteiger partial charge in [0.1, 0.15) is 4.90 Å². The molecule has 0 aliphatic rings. The zero-order valence-corrected chi connectivity index (χ0v) is 13.1. The van der Waals surface area contributed by atoms with Crippen LogP contribution in [0.3, 0.4) is 0 Å². The Balaban J connectivity index is 2.08. The molecule has 2 aromatic rings. The van der Waals surface area contributed by atoms with Crippen LogP contribution in [0.15, 0.2) is 29.0 Å². The van der Waals surface area contributed by atoms with Crippen molar-refractivity contribution in [2.24, 2.45) is 0 Å². The third-order valence-electron chi connectivity index (χ3n) is 2.82. The molecule has 2 rings (SSSR count). The Bertz CT molecular complexity index is 647. The smallest absolute Gasteiger partial charge is 0.242 e. The third-order valence-corrected chi connectivity index (χ3v) is 5.74. The number of aromatic nitrogens is 2. The molecule has 2 heterocycles. The van der Waals surface area contributed by atoms with E-state index in [1.54, 1.807) is 25.8 Å². The van der Waals surface area contributed by atoms with E-state index in [1.807, 2.05) is 16.9 Å². The molecule has 0 bridgehead atoms. The lowest BCUT2D eigenvalue weighted by Crippen LogP contribution is -2.28. The fraction of sp³-hybridized carbons (Fsp3) is 0.417. The molecule has 0 aliphatic carbocycles. The van der Waals surface area contributed by atoms with Gasteiger partial charge in [-0.3, -0.25) is 0 Å². The lowest BCUT2D eigenvalue weighted by molar-refractivity contribution is 0.571. The molecule has 0 atom stereocenters. The second-order valence-electron chi connectivity index (χ2n) is 4.40. The first kappa shape index (κ1) is 15.2. The Hall–Kier alpha value is -1.22. The standard InChI is InChI=1S/C12H18N4O2S2/c1-10-8-19-11(7-13-2)12(10)20(17,18)15-4-6-16-5-3-14-9-16/h3,5,8-9,13,15H,4,6-7H2,1-2H3. The average Bonchev–Trinajstić information content (AvgIpc) is 3.00. The molecule has 0 spiro atoms. The molecule has 8 heteroatoms. The summed E-state index contributed by atoms with van der Waals surface area (Å²) in [5, 5.41) is 4.87. The Labute approximate surface area is 122 Å². The predicted molar refractivity (Wildman–Crippen MR) is 79.2 cm³/mol. The summed E-state index contributed by atoms with van der Waals surface area (Å²) in [7, 11) is -1.66. The van der Waals surface area contributed by atoms with E-state index in [4.69, 9.17) is 0 Å². The van der Waals surface area contributed by atoms with E-state index in [1.165, 1.54) is 11.3 Å². The minimum absolute atomic E-state index is 0.340. The van der Waals surface area contributed by atoms with E-state index in [-0.39, 0.29) is 0 Å². The van der Waals surface area contributed by atoms with Gasteiger partial charge in [0, 0.05) is 36.9 Å². The zero-order chi connectivity index (χ0) is 14.6. The average molecular weight is 314 g/mol. The van der Waals surface area contributed by atoms with Crippen molar-refractivity contribution in [3.63, 3.8) is 0 Å². The van der Waals surface area contributed by atoms with E-state index < -0.39 is 10.0 Å². The van der Waals surface area contributed by atoms with Gasteiger partial charge in [0.15, 0.2) is 0 Å². The van der Waals surface area contributed by atoms with Crippen LogP contribution >= 0.6 is 11.3 Å². The van der Waals surface area contributed by atoms with Crippen molar-refractivity contribution in [1.82, 2.24) is 19.6 Å². The van der Waals surface area contributed by atoms with Crippen LogP contribution in [0, 0.1) is 6.92 Å². The topological polar surface area (TPSA) is 76.0 Å². The van der Waals surface area contributed by atoms with Crippen LogP contribution in [-0.2, 0) is 23.1 Å². The van der Waals surface area contributed by atoms with Crippen LogP contribution in [0.4, 0.5) is 0 Å². The van der Waals surface area contributed by atoms with Crippen molar-refractivity contribution in [3.8, 4) is 0 Å². The molecule has 6 nitrogen and oxygen atoms in total. The van der Waals surface area contributed by atoms with Crippen molar-refractivity contribution in [1.29, 1.82) is 0 Å². The molecule has 0 aromatic carbocycles. The van der Waals surface area contributed by atoms with Crippen LogP contribution in [0.1, 0.15) is 10.4 Å². The van der Waals surface area contributed by atoms with E-state index in [2.05, 4.69) is 15.0 Å². The normalized spacial score (nSPS) is 11.9. The fourth-order valence-corrected chi connectivity index (χ4v) is 4.77. The van der Waals surface area contributed by atoms with Crippen molar-refractivity contribution in [2.45, 2.75) is 24.9 Å². The fourth-order valence-electron chi connectivity index (χ4n) is 1.93. The van der Waals surface area contributed by atoms with E-state index in [0.717, 1.165) is 10.4 Å².